The molecule has 1 aliphatic heterocycles. The molecule has 0 atom stereocenters. The Morgan fingerprint density at radius 1 is 1.04 bits per heavy atom. The fraction of sp³-hybridized carbons (Fsp3) is 0.150. The molecule has 1 aromatic heterocycles. The van der Waals surface area contributed by atoms with Gasteiger partial charge in [-0.1, -0.05) is 48.5 Å². The molecule has 2 aromatic carbocycles. The number of hydrogen-bond donors (Lipinski definition) is 0. The zero-order valence-corrected chi connectivity index (χ0v) is 13.0. The Morgan fingerprint density at radius 2 is 1.78 bits per heavy atom. The fourth-order valence-electron chi connectivity index (χ4n) is 3.24. The van der Waals surface area contributed by atoms with Gasteiger partial charge in [0.05, 0.1) is 23.4 Å². The van der Waals surface area contributed by atoms with E-state index >= 15 is 0 Å². The number of carbonyl (C=O) groups is 1. The summed E-state index contributed by atoms with van der Waals surface area (Å²) in [5, 5.41) is 1.16. The molecule has 3 nitrogen and oxygen atoms in total. The number of fused-ring (bicyclic) bond motifs is 1. The number of nitrogens with zero attached hydrogens (tertiary/aromatic N) is 1. The van der Waals surface area contributed by atoms with E-state index in [2.05, 4.69) is 34.9 Å². The van der Waals surface area contributed by atoms with Crippen molar-refractivity contribution in [2.45, 2.75) is 13.3 Å². The zero-order chi connectivity index (χ0) is 15.8. The van der Waals surface area contributed by atoms with Crippen LogP contribution in [0.3, 0.4) is 0 Å². The van der Waals surface area contributed by atoms with Gasteiger partial charge >= 0.3 is 5.97 Å². The first-order chi connectivity index (χ1) is 11.3. The topological polar surface area (TPSA) is 31.2 Å². The third kappa shape index (κ3) is 2.25. The molecule has 1 aliphatic rings. The normalized spacial score (nSPS) is 16.7. The number of allylic oxidation sites excluding steroid dienone is 1. The summed E-state index contributed by atoms with van der Waals surface area (Å²) < 4.78 is 7.31. The number of rotatable bonds is 2. The Kier molecular flexibility index (Phi) is 3.27. The molecule has 1 fully saturated rings. The van der Waals surface area contributed by atoms with Crippen LogP contribution in [0.2, 0.25) is 0 Å². The number of ether oxygens (including phenoxy) is 1. The van der Waals surface area contributed by atoms with Crippen LogP contribution >= 0.6 is 0 Å². The summed E-state index contributed by atoms with van der Waals surface area (Å²) in [6, 6.07) is 20.7. The number of para-hydroxylation sites is 1. The second kappa shape index (κ2) is 5.43. The third-order valence-corrected chi connectivity index (χ3v) is 4.38. The average Bonchev–Trinajstić information content (AvgIpc) is 3.18. The molecule has 4 rings (SSSR count). The van der Waals surface area contributed by atoms with Gasteiger partial charge in [0, 0.05) is 17.5 Å². The minimum atomic E-state index is -0.195. The van der Waals surface area contributed by atoms with Crippen molar-refractivity contribution >= 4 is 22.6 Å². The molecule has 23 heavy (non-hydrogen) atoms. The largest absolute Gasteiger partial charge is 0.462 e. The molecular formula is C20H17NO2. The van der Waals surface area contributed by atoms with E-state index in [-0.39, 0.29) is 5.97 Å². The van der Waals surface area contributed by atoms with Crippen molar-refractivity contribution in [1.82, 2.24) is 4.57 Å². The lowest BCUT2D eigenvalue weighted by molar-refractivity contribution is -0.135. The summed E-state index contributed by atoms with van der Waals surface area (Å²) in [6.07, 6.45) is 0.672. The highest BCUT2D eigenvalue weighted by molar-refractivity contribution is 5.99. The minimum Gasteiger partial charge on any atom is -0.462 e. The van der Waals surface area contributed by atoms with Gasteiger partial charge in [-0.2, -0.15) is 0 Å². The molecule has 0 bridgehead atoms. The molecule has 3 aromatic rings. The lowest BCUT2D eigenvalue weighted by Gasteiger charge is -2.13. The second-order valence-electron chi connectivity index (χ2n) is 5.74. The van der Waals surface area contributed by atoms with E-state index < -0.39 is 0 Å². The van der Waals surface area contributed by atoms with Crippen LogP contribution in [-0.2, 0) is 9.53 Å². The predicted octanol–water partition coefficient (Wildman–Crippen LogP) is 4.49. The monoisotopic (exact) mass is 303 g/mol. The van der Waals surface area contributed by atoms with E-state index in [1.165, 1.54) is 0 Å². The summed E-state index contributed by atoms with van der Waals surface area (Å²) >= 11 is 0. The average molecular weight is 303 g/mol. The van der Waals surface area contributed by atoms with E-state index in [9.17, 15) is 4.79 Å². The van der Waals surface area contributed by atoms with Gasteiger partial charge in [0.2, 0.25) is 0 Å². The highest BCUT2D eigenvalue weighted by Crippen LogP contribution is 2.33. The Bertz CT molecular complexity index is 919. The summed E-state index contributed by atoms with van der Waals surface area (Å²) in [7, 11) is 0. The summed E-state index contributed by atoms with van der Waals surface area (Å²) in [4.78, 5) is 12.0. The summed E-state index contributed by atoms with van der Waals surface area (Å²) in [6.45, 7) is 2.48. The third-order valence-electron chi connectivity index (χ3n) is 4.38. The zero-order valence-electron chi connectivity index (χ0n) is 13.0. The van der Waals surface area contributed by atoms with Gasteiger partial charge in [-0.3, -0.25) is 0 Å². The smallest absolute Gasteiger partial charge is 0.335 e. The van der Waals surface area contributed by atoms with E-state index in [0.717, 1.165) is 33.4 Å². The van der Waals surface area contributed by atoms with Crippen LogP contribution in [0.25, 0.3) is 27.9 Å². The maximum atomic E-state index is 12.0. The lowest BCUT2D eigenvalue weighted by Crippen LogP contribution is -2.04. The van der Waals surface area contributed by atoms with Crippen LogP contribution < -0.4 is 0 Å². The molecule has 0 saturated carbocycles. The number of esters is 1. The standard InChI is InChI=1S/C20H17NO2/c1-14(17-11-12-23-20(17)22)21-18-10-6-5-9-16(18)13-19(21)15-7-3-2-4-8-15/h2-10,13H,11-12H2,1H3/b17-14-. The summed E-state index contributed by atoms with van der Waals surface area (Å²) in [5.41, 5.74) is 5.05. The molecule has 0 N–H and O–H groups in total. The van der Waals surface area contributed by atoms with E-state index in [1.54, 1.807) is 0 Å². The molecule has 114 valence electrons. The quantitative estimate of drug-likeness (QED) is 0.516. The Labute approximate surface area is 134 Å². The van der Waals surface area contributed by atoms with Crippen LogP contribution in [0.4, 0.5) is 0 Å². The van der Waals surface area contributed by atoms with Crippen molar-refractivity contribution in [2.75, 3.05) is 6.61 Å². The van der Waals surface area contributed by atoms with Gasteiger partial charge in [0.15, 0.2) is 0 Å². The van der Waals surface area contributed by atoms with Crippen molar-refractivity contribution in [2.24, 2.45) is 0 Å². The minimum absolute atomic E-state index is 0.195. The van der Waals surface area contributed by atoms with Crippen LogP contribution in [0.15, 0.2) is 66.2 Å². The molecular weight excluding hydrogens is 286 g/mol. The second-order valence-corrected chi connectivity index (χ2v) is 5.74. The number of hydrogen-bond acceptors (Lipinski definition) is 2. The van der Waals surface area contributed by atoms with Gasteiger partial charge in [-0.05, 0) is 24.6 Å². The highest BCUT2D eigenvalue weighted by atomic mass is 16.5. The number of cyclic esters (lactones) is 1. The van der Waals surface area contributed by atoms with Crippen molar-refractivity contribution < 1.29 is 9.53 Å². The van der Waals surface area contributed by atoms with Gasteiger partial charge in [0.25, 0.3) is 0 Å². The maximum absolute atomic E-state index is 12.0. The van der Waals surface area contributed by atoms with Crippen molar-refractivity contribution in [3.8, 4) is 11.3 Å². The van der Waals surface area contributed by atoms with Crippen molar-refractivity contribution in [3.63, 3.8) is 0 Å². The van der Waals surface area contributed by atoms with Crippen molar-refractivity contribution in [3.05, 3.63) is 66.2 Å². The molecule has 3 heteroatoms. The van der Waals surface area contributed by atoms with Gasteiger partial charge in [-0.15, -0.1) is 0 Å². The first-order valence-corrected chi connectivity index (χ1v) is 7.79. The van der Waals surface area contributed by atoms with E-state index in [0.29, 0.717) is 13.0 Å². The Hall–Kier alpha value is -2.81. The van der Waals surface area contributed by atoms with Crippen LogP contribution in [0.5, 0.6) is 0 Å². The van der Waals surface area contributed by atoms with Crippen molar-refractivity contribution in [1.29, 1.82) is 0 Å². The molecule has 2 heterocycles. The lowest BCUT2D eigenvalue weighted by atomic mass is 10.1. The number of benzene rings is 2. The van der Waals surface area contributed by atoms with Crippen LogP contribution in [0.1, 0.15) is 13.3 Å². The maximum Gasteiger partial charge on any atom is 0.335 e. The SMILES string of the molecule is C/C(=C1\CCOC1=O)n1c(-c2ccccc2)cc2ccccc21. The first kappa shape index (κ1) is 13.8. The number of aromatic nitrogens is 1. The van der Waals surface area contributed by atoms with E-state index in [1.807, 2.05) is 37.3 Å². The van der Waals surface area contributed by atoms with Gasteiger partial charge in [-0.25, -0.2) is 4.79 Å². The molecule has 0 amide bonds. The summed E-state index contributed by atoms with van der Waals surface area (Å²) in [5.74, 6) is -0.195. The van der Waals surface area contributed by atoms with Crippen LogP contribution in [0, 0.1) is 0 Å². The Balaban J connectivity index is 2.03. The van der Waals surface area contributed by atoms with Gasteiger partial charge < -0.3 is 9.30 Å². The molecule has 0 radical (unpaired) electrons. The molecule has 0 spiro atoms. The Morgan fingerprint density at radius 3 is 2.52 bits per heavy atom. The molecule has 0 aliphatic carbocycles. The van der Waals surface area contributed by atoms with Crippen LogP contribution in [-0.4, -0.2) is 17.1 Å². The van der Waals surface area contributed by atoms with Gasteiger partial charge in [0.1, 0.15) is 0 Å². The first-order valence-electron chi connectivity index (χ1n) is 7.79. The number of carbonyl (C=O) groups excluding carboxylic acids is 1. The fourth-order valence-corrected chi connectivity index (χ4v) is 3.24. The molecule has 0 unspecified atom stereocenters. The predicted molar refractivity (Wildman–Crippen MR) is 91.8 cm³/mol. The van der Waals surface area contributed by atoms with E-state index in [4.69, 9.17) is 4.74 Å². The molecule has 1 saturated heterocycles. The highest BCUT2D eigenvalue weighted by Gasteiger charge is 2.24.